The Labute approximate surface area is 216 Å². The van der Waals surface area contributed by atoms with Gasteiger partial charge in [0.25, 0.3) is 0 Å². The minimum atomic E-state index is -1.69. The van der Waals surface area contributed by atoms with E-state index in [2.05, 4.69) is 25.7 Å². The van der Waals surface area contributed by atoms with Gasteiger partial charge in [0.2, 0.25) is 5.91 Å². The highest BCUT2D eigenvalue weighted by molar-refractivity contribution is 7.86. The number of anilines is 4. The largest absolute Gasteiger partial charge is 0.497 e. The second-order valence-corrected chi connectivity index (χ2v) is 9.59. The second-order valence-electron chi connectivity index (χ2n) is 8.38. The van der Waals surface area contributed by atoms with E-state index < -0.39 is 11.0 Å². The summed E-state index contributed by atoms with van der Waals surface area (Å²) >= 11 is 0. The standard InChI is InChI=1S/C26H26N6O4S/c1-35-19-10-18(11-20(13-19)36-2)28-24-25(31-23-9-4-3-8-22(23)30-24)32-37(34)21-7-5-6-17(12-21)29-26(33)16-14-27-15-16/h3-13,16,27H,14-15H2,1-2H3,(H,28,30)(H,29,33)(H,31,32). The third kappa shape index (κ3) is 5.63. The van der Waals surface area contributed by atoms with E-state index in [1.165, 1.54) is 0 Å². The number of ether oxygens (including phenoxy) is 2. The number of methoxy groups -OCH3 is 2. The Bertz CT molecular complexity index is 1450. The van der Waals surface area contributed by atoms with Crippen LogP contribution in [-0.4, -0.2) is 47.4 Å². The Hall–Kier alpha value is -4.22. The lowest BCUT2D eigenvalue weighted by atomic mass is 10.0. The van der Waals surface area contributed by atoms with Gasteiger partial charge in [0.05, 0.1) is 36.1 Å². The molecule has 4 N–H and O–H groups in total. The van der Waals surface area contributed by atoms with Gasteiger partial charge in [0.1, 0.15) is 11.5 Å². The molecule has 10 nitrogen and oxygen atoms in total. The minimum Gasteiger partial charge on any atom is -0.497 e. The van der Waals surface area contributed by atoms with Gasteiger partial charge >= 0.3 is 0 Å². The molecule has 1 saturated heterocycles. The number of carbonyl (C=O) groups is 1. The van der Waals surface area contributed by atoms with E-state index in [1.54, 1.807) is 56.7 Å². The summed E-state index contributed by atoms with van der Waals surface area (Å²) in [6.07, 6.45) is 0. The van der Waals surface area contributed by atoms with Crippen molar-refractivity contribution in [2.45, 2.75) is 4.90 Å². The fraction of sp³-hybridized carbons (Fsp3) is 0.192. The maximum atomic E-state index is 13.3. The molecule has 4 aromatic rings. The number of amides is 1. The Morgan fingerprint density at radius 2 is 1.57 bits per heavy atom. The number of aromatic nitrogens is 2. The molecule has 0 saturated carbocycles. The van der Waals surface area contributed by atoms with Crippen molar-refractivity contribution in [3.63, 3.8) is 0 Å². The van der Waals surface area contributed by atoms with E-state index in [0.717, 1.165) is 0 Å². The lowest BCUT2D eigenvalue weighted by molar-refractivity contribution is -0.121. The van der Waals surface area contributed by atoms with E-state index in [1.807, 2.05) is 24.3 Å². The molecule has 1 aliphatic rings. The van der Waals surface area contributed by atoms with Gasteiger partial charge in [-0.15, -0.1) is 0 Å². The Morgan fingerprint density at radius 3 is 2.19 bits per heavy atom. The average Bonchev–Trinajstić information content (AvgIpc) is 2.87. The van der Waals surface area contributed by atoms with Crippen LogP contribution in [0.2, 0.25) is 0 Å². The van der Waals surface area contributed by atoms with Crippen molar-refractivity contribution < 1.29 is 18.5 Å². The van der Waals surface area contributed by atoms with Gasteiger partial charge in [-0.3, -0.25) is 9.52 Å². The van der Waals surface area contributed by atoms with Gasteiger partial charge in [0, 0.05) is 42.7 Å². The number of hydrogen-bond donors (Lipinski definition) is 4. The summed E-state index contributed by atoms with van der Waals surface area (Å²) in [5.41, 5.74) is 2.55. The lowest BCUT2D eigenvalue weighted by Gasteiger charge is -2.25. The number of nitrogens with zero attached hydrogens (tertiary/aromatic N) is 2. The molecule has 1 fully saturated rings. The number of benzene rings is 3. The van der Waals surface area contributed by atoms with Crippen molar-refractivity contribution in [2.24, 2.45) is 5.92 Å². The number of fused-ring (bicyclic) bond motifs is 1. The van der Waals surface area contributed by atoms with E-state index >= 15 is 0 Å². The van der Waals surface area contributed by atoms with E-state index in [4.69, 9.17) is 14.5 Å². The summed E-state index contributed by atoms with van der Waals surface area (Å²) in [5.74, 6) is 1.77. The summed E-state index contributed by atoms with van der Waals surface area (Å²) in [4.78, 5) is 22.2. The van der Waals surface area contributed by atoms with Crippen molar-refractivity contribution in [2.75, 3.05) is 42.7 Å². The molecule has 0 spiro atoms. The Kier molecular flexibility index (Phi) is 7.15. The summed E-state index contributed by atoms with van der Waals surface area (Å²) in [6.45, 7) is 1.32. The summed E-state index contributed by atoms with van der Waals surface area (Å²) in [5, 5.41) is 9.21. The molecule has 1 aliphatic heterocycles. The highest BCUT2D eigenvalue weighted by Gasteiger charge is 2.25. The van der Waals surface area contributed by atoms with Crippen LogP contribution in [0.3, 0.4) is 0 Å². The predicted octanol–water partition coefficient (Wildman–Crippen LogP) is 3.68. The van der Waals surface area contributed by atoms with Crippen molar-refractivity contribution >= 4 is 50.9 Å². The smallest absolute Gasteiger partial charge is 0.230 e. The third-order valence-electron chi connectivity index (χ3n) is 5.84. The van der Waals surface area contributed by atoms with Crippen LogP contribution in [0.25, 0.3) is 11.0 Å². The summed E-state index contributed by atoms with van der Waals surface area (Å²) in [7, 11) is 1.46. The number of para-hydroxylation sites is 2. The zero-order chi connectivity index (χ0) is 25.8. The fourth-order valence-electron chi connectivity index (χ4n) is 3.73. The third-order valence-corrected chi connectivity index (χ3v) is 6.90. The summed E-state index contributed by atoms with van der Waals surface area (Å²) in [6, 6.07) is 19.7. The van der Waals surface area contributed by atoms with Crippen LogP contribution >= 0.6 is 0 Å². The quantitative estimate of drug-likeness (QED) is 0.264. The molecule has 1 unspecified atom stereocenters. The highest BCUT2D eigenvalue weighted by Crippen LogP contribution is 2.31. The normalized spacial score (nSPS) is 13.9. The van der Waals surface area contributed by atoms with E-state index in [9.17, 15) is 9.00 Å². The SMILES string of the molecule is COc1cc(Nc2nc3ccccc3nc2NS(=O)c2cccc(NC(=O)C3CNC3)c2)cc(OC)c1. The second kappa shape index (κ2) is 10.8. The van der Waals surface area contributed by atoms with Gasteiger partial charge in [-0.05, 0) is 30.3 Å². The topological polar surface area (TPSA) is 127 Å². The molecule has 190 valence electrons. The molecule has 1 aromatic heterocycles. The van der Waals surface area contributed by atoms with Crippen LogP contribution in [0.4, 0.5) is 23.0 Å². The Morgan fingerprint density at radius 1 is 0.892 bits per heavy atom. The number of carbonyl (C=O) groups excluding carboxylic acids is 1. The van der Waals surface area contributed by atoms with Crippen LogP contribution in [-0.2, 0) is 15.8 Å². The first-order valence-electron chi connectivity index (χ1n) is 11.6. The van der Waals surface area contributed by atoms with Gasteiger partial charge < -0.3 is 25.4 Å². The van der Waals surface area contributed by atoms with Crippen LogP contribution in [0, 0.1) is 5.92 Å². The van der Waals surface area contributed by atoms with Crippen LogP contribution < -0.4 is 30.1 Å². The zero-order valence-corrected chi connectivity index (χ0v) is 21.1. The molecule has 5 rings (SSSR count). The Balaban J connectivity index is 1.43. The number of hydrogen-bond acceptors (Lipinski definition) is 8. The fourth-order valence-corrected chi connectivity index (χ4v) is 4.60. The number of rotatable bonds is 9. The van der Waals surface area contributed by atoms with Crippen molar-refractivity contribution in [3.05, 3.63) is 66.7 Å². The molecule has 0 aliphatic carbocycles. The first kappa shape index (κ1) is 24.5. The maximum absolute atomic E-state index is 13.3. The minimum absolute atomic E-state index is 0.0518. The molecule has 0 bridgehead atoms. The monoisotopic (exact) mass is 518 g/mol. The van der Waals surface area contributed by atoms with E-state index in [0.29, 0.717) is 63.5 Å². The van der Waals surface area contributed by atoms with Crippen molar-refractivity contribution in [1.29, 1.82) is 0 Å². The highest BCUT2D eigenvalue weighted by atomic mass is 32.2. The van der Waals surface area contributed by atoms with Gasteiger partial charge in [-0.2, -0.15) is 0 Å². The molecular weight excluding hydrogens is 492 g/mol. The molecule has 1 atom stereocenters. The van der Waals surface area contributed by atoms with Crippen molar-refractivity contribution in [3.8, 4) is 11.5 Å². The van der Waals surface area contributed by atoms with Crippen molar-refractivity contribution in [1.82, 2.24) is 15.3 Å². The van der Waals surface area contributed by atoms with Gasteiger partial charge in [-0.1, -0.05) is 18.2 Å². The molecule has 0 radical (unpaired) electrons. The molecule has 37 heavy (non-hydrogen) atoms. The average molecular weight is 519 g/mol. The van der Waals surface area contributed by atoms with Crippen LogP contribution in [0.15, 0.2) is 71.6 Å². The lowest BCUT2D eigenvalue weighted by Crippen LogP contribution is -2.48. The maximum Gasteiger partial charge on any atom is 0.230 e. The predicted molar refractivity (Wildman–Crippen MR) is 144 cm³/mol. The molecule has 3 aromatic carbocycles. The van der Waals surface area contributed by atoms with Crippen LogP contribution in [0.1, 0.15) is 0 Å². The van der Waals surface area contributed by atoms with Gasteiger partial charge in [0.15, 0.2) is 22.6 Å². The zero-order valence-electron chi connectivity index (χ0n) is 20.3. The van der Waals surface area contributed by atoms with Gasteiger partial charge in [-0.25, -0.2) is 14.2 Å². The molecular formula is C26H26N6O4S. The molecule has 1 amide bonds. The molecule has 2 heterocycles. The first-order chi connectivity index (χ1) is 18.0. The summed E-state index contributed by atoms with van der Waals surface area (Å²) < 4.78 is 27.0. The number of nitrogens with one attached hydrogen (secondary N) is 4. The molecule has 11 heteroatoms. The van der Waals surface area contributed by atoms with Crippen LogP contribution in [0.5, 0.6) is 11.5 Å². The van der Waals surface area contributed by atoms with E-state index in [-0.39, 0.29) is 11.8 Å². The first-order valence-corrected chi connectivity index (χ1v) is 12.7.